The Bertz CT molecular complexity index is 1470. The van der Waals surface area contributed by atoms with Crippen molar-refractivity contribution in [2.24, 2.45) is 0 Å². The van der Waals surface area contributed by atoms with Crippen molar-refractivity contribution in [2.45, 2.75) is 39.4 Å². The second-order valence-electron chi connectivity index (χ2n) is 9.54. The molecule has 188 valence electrons. The number of benzene rings is 3. The molecule has 5 rings (SSSR count). The van der Waals surface area contributed by atoms with Crippen LogP contribution in [0.15, 0.2) is 95.7 Å². The SMILES string of the molecule is Cc1cccc(CN(CCc2c[nH]c3ccccc23)Cc2nc(C(=O)NC(C)c3ccccc3)co2)c1. The number of hydrogen-bond donors (Lipinski definition) is 2. The molecule has 0 saturated carbocycles. The zero-order valence-electron chi connectivity index (χ0n) is 21.3. The summed E-state index contributed by atoms with van der Waals surface area (Å²) in [5.74, 6) is 0.291. The van der Waals surface area contributed by atoms with E-state index < -0.39 is 0 Å². The van der Waals surface area contributed by atoms with Crippen molar-refractivity contribution in [1.29, 1.82) is 0 Å². The number of nitrogens with zero attached hydrogens (tertiary/aromatic N) is 2. The van der Waals surface area contributed by atoms with Gasteiger partial charge in [0.1, 0.15) is 6.26 Å². The molecule has 2 heterocycles. The lowest BCUT2D eigenvalue weighted by Gasteiger charge is -2.21. The molecule has 0 radical (unpaired) electrons. The molecule has 2 N–H and O–H groups in total. The van der Waals surface area contributed by atoms with Gasteiger partial charge in [-0.3, -0.25) is 9.69 Å². The zero-order chi connectivity index (χ0) is 25.6. The van der Waals surface area contributed by atoms with E-state index in [1.807, 2.05) is 43.3 Å². The Kier molecular flexibility index (Phi) is 7.47. The summed E-state index contributed by atoms with van der Waals surface area (Å²) in [7, 11) is 0. The maximum Gasteiger partial charge on any atom is 0.273 e. The topological polar surface area (TPSA) is 74.2 Å². The number of carbonyl (C=O) groups is 1. The third-order valence-corrected chi connectivity index (χ3v) is 6.65. The fourth-order valence-corrected chi connectivity index (χ4v) is 4.67. The molecule has 2 aromatic heterocycles. The van der Waals surface area contributed by atoms with Gasteiger partial charge in [0.15, 0.2) is 5.69 Å². The summed E-state index contributed by atoms with van der Waals surface area (Å²) in [5, 5.41) is 4.26. The molecule has 6 nitrogen and oxygen atoms in total. The molecular weight excluding hydrogens is 460 g/mol. The Labute approximate surface area is 217 Å². The maximum absolute atomic E-state index is 12.8. The number of para-hydroxylation sites is 1. The van der Waals surface area contributed by atoms with Crippen LogP contribution < -0.4 is 5.32 Å². The molecule has 1 atom stereocenters. The summed E-state index contributed by atoms with van der Waals surface area (Å²) in [4.78, 5) is 23.0. The number of aromatic amines is 1. The Balaban J connectivity index is 1.28. The quantitative estimate of drug-likeness (QED) is 0.243. The first-order valence-corrected chi connectivity index (χ1v) is 12.7. The number of amides is 1. The van der Waals surface area contributed by atoms with Crippen molar-refractivity contribution in [3.8, 4) is 0 Å². The Morgan fingerprint density at radius 1 is 1.03 bits per heavy atom. The first kappa shape index (κ1) is 24.5. The lowest BCUT2D eigenvalue weighted by Crippen LogP contribution is -2.27. The number of aromatic nitrogens is 2. The zero-order valence-corrected chi connectivity index (χ0v) is 21.3. The number of fused-ring (bicyclic) bond motifs is 1. The van der Waals surface area contributed by atoms with Crippen molar-refractivity contribution in [1.82, 2.24) is 20.2 Å². The van der Waals surface area contributed by atoms with Gasteiger partial charge >= 0.3 is 0 Å². The summed E-state index contributed by atoms with van der Waals surface area (Å²) >= 11 is 0. The van der Waals surface area contributed by atoms with Crippen LogP contribution in [0, 0.1) is 6.92 Å². The van der Waals surface area contributed by atoms with E-state index in [1.54, 1.807) is 0 Å². The van der Waals surface area contributed by atoms with Crippen LogP contribution in [-0.4, -0.2) is 27.3 Å². The lowest BCUT2D eigenvalue weighted by atomic mass is 10.1. The summed E-state index contributed by atoms with van der Waals surface area (Å²) < 4.78 is 5.75. The monoisotopic (exact) mass is 492 g/mol. The number of rotatable bonds is 10. The van der Waals surface area contributed by atoms with E-state index in [2.05, 4.69) is 75.8 Å². The van der Waals surface area contributed by atoms with E-state index >= 15 is 0 Å². The molecule has 0 bridgehead atoms. The molecule has 0 aliphatic heterocycles. The number of aryl methyl sites for hydroxylation is 1. The minimum Gasteiger partial charge on any atom is -0.447 e. The fraction of sp³-hybridized carbons (Fsp3) is 0.226. The summed E-state index contributed by atoms with van der Waals surface area (Å²) in [5.41, 5.74) is 6.24. The van der Waals surface area contributed by atoms with Gasteiger partial charge < -0.3 is 14.7 Å². The van der Waals surface area contributed by atoms with E-state index in [0.29, 0.717) is 18.1 Å². The minimum atomic E-state index is -0.240. The van der Waals surface area contributed by atoms with Crippen molar-refractivity contribution in [3.63, 3.8) is 0 Å². The molecule has 0 fully saturated rings. The van der Waals surface area contributed by atoms with Gasteiger partial charge in [-0.25, -0.2) is 4.98 Å². The highest BCUT2D eigenvalue weighted by molar-refractivity contribution is 5.92. The highest BCUT2D eigenvalue weighted by Gasteiger charge is 2.18. The van der Waals surface area contributed by atoms with E-state index in [-0.39, 0.29) is 11.9 Å². The third-order valence-electron chi connectivity index (χ3n) is 6.65. The van der Waals surface area contributed by atoms with Crippen molar-refractivity contribution < 1.29 is 9.21 Å². The van der Waals surface area contributed by atoms with Gasteiger partial charge in [0.25, 0.3) is 5.91 Å². The van der Waals surface area contributed by atoms with Crippen LogP contribution in [-0.2, 0) is 19.5 Å². The van der Waals surface area contributed by atoms with Gasteiger partial charge in [0, 0.05) is 30.2 Å². The smallest absolute Gasteiger partial charge is 0.273 e. The molecular formula is C31H32N4O2. The van der Waals surface area contributed by atoms with Crippen LogP contribution in [0.25, 0.3) is 10.9 Å². The number of nitrogens with one attached hydrogen (secondary N) is 2. The van der Waals surface area contributed by atoms with Gasteiger partial charge in [-0.2, -0.15) is 0 Å². The molecule has 37 heavy (non-hydrogen) atoms. The molecule has 6 heteroatoms. The summed E-state index contributed by atoms with van der Waals surface area (Å²) in [6, 6.07) is 26.7. The molecule has 0 aliphatic rings. The number of H-pyrrole nitrogens is 1. The first-order chi connectivity index (χ1) is 18.0. The second kappa shape index (κ2) is 11.3. The number of hydrogen-bond acceptors (Lipinski definition) is 4. The predicted octanol–water partition coefficient (Wildman–Crippen LogP) is 6.20. The molecule has 1 amide bonds. The number of oxazole rings is 1. The van der Waals surface area contributed by atoms with E-state index in [9.17, 15) is 4.79 Å². The van der Waals surface area contributed by atoms with Crippen LogP contribution in [0.3, 0.4) is 0 Å². The third kappa shape index (κ3) is 6.16. The minimum absolute atomic E-state index is 0.122. The molecule has 5 aromatic rings. The Morgan fingerprint density at radius 3 is 2.68 bits per heavy atom. The number of carbonyl (C=O) groups excluding carboxylic acids is 1. The predicted molar refractivity (Wildman–Crippen MR) is 146 cm³/mol. The first-order valence-electron chi connectivity index (χ1n) is 12.7. The average molecular weight is 493 g/mol. The van der Waals surface area contributed by atoms with Gasteiger partial charge in [0.05, 0.1) is 12.6 Å². The fourth-order valence-electron chi connectivity index (χ4n) is 4.67. The van der Waals surface area contributed by atoms with E-state index in [0.717, 1.165) is 30.6 Å². The van der Waals surface area contributed by atoms with Crippen LogP contribution in [0.2, 0.25) is 0 Å². The molecule has 0 saturated heterocycles. The average Bonchev–Trinajstić information content (AvgIpc) is 3.55. The van der Waals surface area contributed by atoms with Crippen LogP contribution in [0.1, 0.15) is 51.6 Å². The molecule has 3 aromatic carbocycles. The highest BCUT2D eigenvalue weighted by atomic mass is 16.3. The van der Waals surface area contributed by atoms with Crippen molar-refractivity contribution in [3.05, 3.63) is 125 Å². The van der Waals surface area contributed by atoms with E-state index in [1.165, 1.54) is 28.3 Å². The maximum atomic E-state index is 12.8. The van der Waals surface area contributed by atoms with Crippen molar-refractivity contribution in [2.75, 3.05) is 6.54 Å². The standard InChI is InChI=1S/C31H32N4O2/c1-22-9-8-10-24(17-22)19-35(16-15-26-18-32-28-14-7-6-13-27(26)28)20-30-34-29(21-37-30)31(36)33-23(2)25-11-4-3-5-12-25/h3-14,17-18,21,23,32H,15-16,19-20H2,1-2H3,(H,33,36). The highest BCUT2D eigenvalue weighted by Crippen LogP contribution is 2.20. The van der Waals surface area contributed by atoms with E-state index in [4.69, 9.17) is 4.42 Å². The Hall–Kier alpha value is -4.16. The summed E-state index contributed by atoms with van der Waals surface area (Å²) in [6.45, 7) is 6.17. The normalized spacial score (nSPS) is 12.2. The molecule has 1 unspecified atom stereocenters. The lowest BCUT2D eigenvalue weighted by molar-refractivity contribution is 0.0934. The Morgan fingerprint density at radius 2 is 1.84 bits per heavy atom. The second-order valence-corrected chi connectivity index (χ2v) is 9.54. The van der Waals surface area contributed by atoms with Gasteiger partial charge in [-0.05, 0) is 43.0 Å². The largest absolute Gasteiger partial charge is 0.447 e. The van der Waals surface area contributed by atoms with Crippen LogP contribution in [0.5, 0.6) is 0 Å². The van der Waals surface area contributed by atoms with Gasteiger partial charge in [-0.15, -0.1) is 0 Å². The van der Waals surface area contributed by atoms with Crippen molar-refractivity contribution >= 4 is 16.8 Å². The van der Waals surface area contributed by atoms with Gasteiger partial charge in [-0.1, -0.05) is 78.4 Å². The van der Waals surface area contributed by atoms with Gasteiger partial charge in [0.2, 0.25) is 5.89 Å². The van der Waals surface area contributed by atoms with Crippen LogP contribution >= 0.6 is 0 Å². The van der Waals surface area contributed by atoms with Crippen LogP contribution in [0.4, 0.5) is 0 Å². The molecule has 0 aliphatic carbocycles. The molecule has 0 spiro atoms. The summed E-state index contributed by atoms with van der Waals surface area (Å²) in [6.07, 6.45) is 4.43.